The highest BCUT2D eigenvalue weighted by Gasteiger charge is 2.28. The Hall–Kier alpha value is -2.65. The zero-order chi connectivity index (χ0) is 18.1. The van der Waals surface area contributed by atoms with Crippen molar-refractivity contribution < 1.29 is 0 Å². The van der Waals surface area contributed by atoms with E-state index in [0.717, 1.165) is 61.5 Å². The molecule has 1 aliphatic heterocycles. The number of aromatic nitrogens is 2. The maximum atomic E-state index is 9.25. The van der Waals surface area contributed by atoms with Gasteiger partial charge >= 0.3 is 0 Å². The number of benzene rings is 1. The number of hydrogen-bond acceptors (Lipinski definition) is 6. The summed E-state index contributed by atoms with van der Waals surface area (Å²) in [6.45, 7) is 3.96. The van der Waals surface area contributed by atoms with Gasteiger partial charge in [-0.2, -0.15) is 10.2 Å². The van der Waals surface area contributed by atoms with Gasteiger partial charge in [-0.05, 0) is 57.4 Å². The largest absolute Gasteiger partial charge is 0.355 e. The van der Waals surface area contributed by atoms with Crippen molar-refractivity contribution in [3.8, 4) is 6.07 Å². The Kier molecular flexibility index (Phi) is 4.48. The van der Waals surface area contributed by atoms with Crippen LogP contribution in [0.5, 0.6) is 0 Å². The van der Waals surface area contributed by atoms with Gasteiger partial charge in [0.2, 0.25) is 5.95 Å². The minimum Gasteiger partial charge on any atom is -0.355 e. The molecule has 4 rings (SSSR count). The van der Waals surface area contributed by atoms with E-state index in [2.05, 4.69) is 21.6 Å². The fraction of sp³-hybridized carbons (Fsp3) is 0.450. The molecule has 2 aromatic rings. The predicted molar refractivity (Wildman–Crippen MR) is 103 cm³/mol. The van der Waals surface area contributed by atoms with Gasteiger partial charge in [0, 0.05) is 30.4 Å². The molecule has 1 aromatic carbocycles. The maximum Gasteiger partial charge on any atom is 0.229 e. The minimum absolute atomic E-state index is 0.522. The first-order chi connectivity index (χ1) is 12.7. The van der Waals surface area contributed by atoms with Crippen LogP contribution in [0.2, 0.25) is 0 Å². The number of nitrogens with zero attached hydrogens (tertiary/aromatic N) is 4. The second kappa shape index (κ2) is 6.93. The molecular formula is C20H24N6. The van der Waals surface area contributed by atoms with E-state index in [9.17, 15) is 5.26 Å². The van der Waals surface area contributed by atoms with Crippen molar-refractivity contribution in [3.63, 3.8) is 0 Å². The van der Waals surface area contributed by atoms with Crippen LogP contribution in [0.3, 0.4) is 0 Å². The summed E-state index contributed by atoms with van der Waals surface area (Å²) in [5, 5.41) is 15.9. The molecule has 1 atom stereocenters. The quantitative estimate of drug-likeness (QED) is 0.885. The molecule has 0 unspecified atom stereocenters. The summed E-state index contributed by atoms with van der Waals surface area (Å²) in [7, 11) is 2.02. The molecule has 2 aliphatic rings. The van der Waals surface area contributed by atoms with Crippen LogP contribution in [0.1, 0.15) is 35.2 Å². The van der Waals surface area contributed by atoms with Gasteiger partial charge in [0.05, 0.1) is 17.3 Å². The maximum absolute atomic E-state index is 9.25. The first kappa shape index (κ1) is 16.8. The van der Waals surface area contributed by atoms with E-state index in [1.165, 1.54) is 5.56 Å². The van der Waals surface area contributed by atoms with E-state index < -0.39 is 0 Å². The van der Waals surface area contributed by atoms with E-state index in [4.69, 9.17) is 9.97 Å². The number of nitriles is 1. The lowest BCUT2D eigenvalue weighted by molar-refractivity contribution is 0.616. The standard InChI is InChI=1S/C20H24N6/c1-13-6-7-15(10-14(13)11-21)23-20-24-18-5-3-4-17(18)19(25-20)26-9-8-16(12-26)22-2/h6-7,10,16,22H,3-5,8-9,12H2,1-2H3,(H,23,24,25)/t16-/m0/s1. The lowest BCUT2D eigenvalue weighted by Crippen LogP contribution is -2.30. The van der Waals surface area contributed by atoms with Gasteiger partial charge in [-0.25, -0.2) is 4.98 Å². The summed E-state index contributed by atoms with van der Waals surface area (Å²) in [5.74, 6) is 1.71. The number of hydrogen-bond donors (Lipinski definition) is 2. The number of anilines is 3. The van der Waals surface area contributed by atoms with E-state index in [1.54, 1.807) is 0 Å². The van der Waals surface area contributed by atoms with Crippen LogP contribution in [0.25, 0.3) is 0 Å². The fourth-order valence-electron chi connectivity index (χ4n) is 3.87. The number of likely N-dealkylation sites (N-methyl/N-ethyl adjacent to an activating group) is 1. The van der Waals surface area contributed by atoms with Crippen molar-refractivity contribution in [2.75, 3.05) is 30.4 Å². The lowest BCUT2D eigenvalue weighted by Gasteiger charge is -2.21. The third kappa shape index (κ3) is 3.11. The molecule has 6 heteroatoms. The molecule has 26 heavy (non-hydrogen) atoms. The summed E-state index contributed by atoms with van der Waals surface area (Å²) in [6.07, 6.45) is 4.36. The van der Waals surface area contributed by atoms with Gasteiger partial charge in [0.25, 0.3) is 0 Å². The van der Waals surface area contributed by atoms with Crippen molar-refractivity contribution in [1.29, 1.82) is 5.26 Å². The summed E-state index contributed by atoms with van der Waals surface area (Å²) >= 11 is 0. The monoisotopic (exact) mass is 348 g/mol. The Balaban J connectivity index is 1.65. The molecule has 1 aromatic heterocycles. The Morgan fingerprint density at radius 1 is 1.27 bits per heavy atom. The summed E-state index contributed by atoms with van der Waals surface area (Å²) < 4.78 is 0. The number of fused-ring (bicyclic) bond motifs is 1. The molecule has 0 saturated carbocycles. The first-order valence-corrected chi connectivity index (χ1v) is 9.27. The molecule has 1 fully saturated rings. The van der Waals surface area contributed by atoms with Crippen LogP contribution in [0, 0.1) is 18.3 Å². The highest BCUT2D eigenvalue weighted by molar-refractivity contribution is 5.62. The zero-order valence-electron chi connectivity index (χ0n) is 15.3. The molecule has 1 saturated heterocycles. The first-order valence-electron chi connectivity index (χ1n) is 9.27. The van der Waals surface area contributed by atoms with Gasteiger partial charge in [-0.15, -0.1) is 0 Å². The second-order valence-corrected chi connectivity index (χ2v) is 7.14. The van der Waals surface area contributed by atoms with Crippen molar-refractivity contribution >= 4 is 17.5 Å². The molecule has 0 spiro atoms. The van der Waals surface area contributed by atoms with Crippen LogP contribution >= 0.6 is 0 Å². The Bertz CT molecular complexity index is 869. The van der Waals surface area contributed by atoms with E-state index in [0.29, 0.717) is 17.6 Å². The minimum atomic E-state index is 0.522. The van der Waals surface area contributed by atoms with E-state index in [-0.39, 0.29) is 0 Å². The summed E-state index contributed by atoms with van der Waals surface area (Å²) in [6, 6.07) is 8.54. The normalized spacial score (nSPS) is 18.7. The average molecular weight is 348 g/mol. The molecule has 134 valence electrons. The van der Waals surface area contributed by atoms with E-state index >= 15 is 0 Å². The van der Waals surface area contributed by atoms with Crippen molar-refractivity contribution in [1.82, 2.24) is 15.3 Å². The molecule has 2 N–H and O–H groups in total. The fourth-order valence-corrected chi connectivity index (χ4v) is 3.87. The number of nitrogens with one attached hydrogen (secondary N) is 2. The highest BCUT2D eigenvalue weighted by atomic mass is 15.3. The van der Waals surface area contributed by atoms with Gasteiger partial charge in [0.15, 0.2) is 0 Å². The van der Waals surface area contributed by atoms with E-state index in [1.807, 2.05) is 32.2 Å². The van der Waals surface area contributed by atoms with Crippen LogP contribution < -0.4 is 15.5 Å². The van der Waals surface area contributed by atoms with Crippen LogP contribution in [-0.4, -0.2) is 36.1 Å². The summed E-state index contributed by atoms with van der Waals surface area (Å²) in [5.41, 5.74) is 4.98. The average Bonchev–Trinajstić information content (AvgIpc) is 3.31. The molecule has 0 bridgehead atoms. The Labute approximate surface area is 154 Å². The molecule has 0 radical (unpaired) electrons. The smallest absolute Gasteiger partial charge is 0.229 e. The van der Waals surface area contributed by atoms with Crippen molar-refractivity contribution in [3.05, 3.63) is 40.6 Å². The molecule has 6 nitrogen and oxygen atoms in total. The van der Waals surface area contributed by atoms with Crippen molar-refractivity contribution in [2.45, 2.75) is 38.6 Å². The third-order valence-corrected chi connectivity index (χ3v) is 5.42. The highest BCUT2D eigenvalue weighted by Crippen LogP contribution is 2.32. The zero-order valence-corrected chi connectivity index (χ0v) is 15.3. The number of rotatable bonds is 4. The summed E-state index contributed by atoms with van der Waals surface area (Å²) in [4.78, 5) is 12.0. The van der Waals surface area contributed by atoms with Crippen molar-refractivity contribution in [2.24, 2.45) is 0 Å². The molecule has 1 aliphatic carbocycles. The molecule has 0 amide bonds. The molecule has 2 heterocycles. The Morgan fingerprint density at radius 3 is 2.92 bits per heavy atom. The lowest BCUT2D eigenvalue weighted by atomic mass is 10.1. The predicted octanol–water partition coefficient (Wildman–Crippen LogP) is 2.69. The number of aryl methyl sites for hydroxylation is 2. The van der Waals surface area contributed by atoms with Crippen LogP contribution in [0.4, 0.5) is 17.5 Å². The molecular weight excluding hydrogens is 324 g/mol. The topological polar surface area (TPSA) is 76.9 Å². The van der Waals surface area contributed by atoms with Gasteiger partial charge in [0.1, 0.15) is 5.82 Å². The van der Waals surface area contributed by atoms with Gasteiger partial charge < -0.3 is 15.5 Å². The second-order valence-electron chi connectivity index (χ2n) is 7.14. The van der Waals surface area contributed by atoms with Gasteiger partial charge in [-0.1, -0.05) is 6.07 Å². The third-order valence-electron chi connectivity index (χ3n) is 5.42. The Morgan fingerprint density at radius 2 is 2.15 bits per heavy atom. The van der Waals surface area contributed by atoms with Gasteiger partial charge in [-0.3, -0.25) is 0 Å². The SMILES string of the molecule is CN[C@H]1CCN(c2nc(Nc3ccc(C)c(C#N)c3)nc3c2CCC3)C1. The van der Waals surface area contributed by atoms with Crippen LogP contribution in [-0.2, 0) is 12.8 Å². The van der Waals surface area contributed by atoms with Crippen LogP contribution in [0.15, 0.2) is 18.2 Å².